The summed E-state index contributed by atoms with van der Waals surface area (Å²) in [6, 6.07) is 0. The van der Waals surface area contributed by atoms with Gasteiger partial charge in [-0.2, -0.15) is 0 Å². The highest BCUT2D eigenvalue weighted by Gasteiger charge is 2.58. The van der Waals surface area contributed by atoms with Crippen molar-refractivity contribution in [2.45, 2.75) is 78.6 Å². The summed E-state index contributed by atoms with van der Waals surface area (Å²) in [5, 5.41) is 9.04. The topological polar surface area (TPSA) is 54.4 Å². The lowest BCUT2D eigenvalue weighted by molar-refractivity contribution is -0.136. The molecule has 0 radical (unpaired) electrons. The van der Waals surface area contributed by atoms with Crippen LogP contribution in [0, 0.1) is 34.5 Å². The predicted molar refractivity (Wildman–Crippen MR) is 106 cm³/mol. The van der Waals surface area contributed by atoms with Crippen LogP contribution in [0.4, 0.5) is 0 Å². The maximum Gasteiger partial charge on any atom is 0.307 e. The van der Waals surface area contributed by atoms with Crippen molar-refractivity contribution < 1.29 is 14.7 Å². The molecular weight excluding hydrogens is 336 g/mol. The van der Waals surface area contributed by atoms with E-state index in [0.29, 0.717) is 17.1 Å². The Balaban J connectivity index is 1.59. The molecule has 1 N–H and O–H groups in total. The number of carboxylic acid groups (broad SMARTS) is 1. The lowest BCUT2D eigenvalue weighted by atomic mass is 9.46. The Kier molecular flexibility index (Phi) is 4.63. The van der Waals surface area contributed by atoms with Crippen LogP contribution in [0.3, 0.4) is 0 Å². The molecule has 148 valence electrons. The van der Waals surface area contributed by atoms with Crippen LogP contribution >= 0.6 is 0 Å². The Labute approximate surface area is 163 Å². The molecule has 0 amide bonds. The van der Waals surface area contributed by atoms with Gasteiger partial charge >= 0.3 is 5.97 Å². The first-order chi connectivity index (χ1) is 12.8. The standard InChI is InChI=1S/C24H34O3/c1-15(4-9-22(26)27)19-7-8-20-18-6-5-16-14-17(25)10-12-23(16,2)21(18)11-13-24(19,20)3/h4,14,18-21H,5-13H2,1-3H3,(H,26,27)/b15-4+/t18-,19+,20-,21-,23-,24+/m0/s1. The van der Waals surface area contributed by atoms with Crippen molar-refractivity contribution >= 4 is 11.8 Å². The Morgan fingerprint density at radius 3 is 2.67 bits per heavy atom. The molecule has 4 aliphatic carbocycles. The zero-order valence-electron chi connectivity index (χ0n) is 17.1. The molecule has 4 rings (SSSR count). The Morgan fingerprint density at radius 1 is 1.15 bits per heavy atom. The second-order valence-corrected chi connectivity index (χ2v) is 10.2. The van der Waals surface area contributed by atoms with E-state index in [1.54, 1.807) is 0 Å². The Morgan fingerprint density at radius 2 is 1.93 bits per heavy atom. The summed E-state index contributed by atoms with van der Waals surface area (Å²) in [4.78, 5) is 22.9. The number of ketones is 1. The van der Waals surface area contributed by atoms with Crippen molar-refractivity contribution in [1.29, 1.82) is 0 Å². The van der Waals surface area contributed by atoms with E-state index in [-0.39, 0.29) is 11.8 Å². The average molecular weight is 371 g/mol. The van der Waals surface area contributed by atoms with Crippen LogP contribution in [-0.4, -0.2) is 16.9 Å². The third-order valence-electron chi connectivity index (χ3n) is 9.11. The van der Waals surface area contributed by atoms with Gasteiger partial charge in [-0.15, -0.1) is 0 Å². The van der Waals surface area contributed by atoms with E-state index in [4.69, 9.17) is 5.11 Å². The minimum Gasteiger partial charge on any atom is -0.481 e. The van der Waals surface area contributed by atoms with E-state index in [0.717, 1.165) is 37.0 Å². The van der Waals surface area contributed by atoms with Gasteiger partial charge in [-0.25, -0.2) is 0 Å². The van der Waals surface area contributed by atoms with Crippen molar-refractivity contribution in [3.05, 3.63) is 23.3 Å². The van der Waals surface area contributed by atoms with E-state index in [1.807, 2.05) is 12.2 Å². The van der Waals surface area contributed by atoms with Gasteiger partial charge in [0.05, 0.1) is 6.42 Å². The Bertz CT molecular complexity index is 717. The van der Waals surface area contributed by atoms with E-state index in [2.05, 4.69) is 20.8 Å². The van der Waals surface area contributed by atoms with Crippen LogP contribution in [-0.2, 0) is 9.59 Å². The minimum absolute atomic E-state index is 0.148. The maximum atomic E-state index is 12.0. The van der Waals surface area contributed by atoms with Crippen molar-refractivity contribution in [1.82, 2.24) is 0 Å². The summed E-state index contributed by atoms with van der Waals surface area (Å²) in [6.07, 6.45) is 13.2. The number of rotatable bonds is 3. The van der Waals surface area contributed by atoms with Gasteiger partial charge in [-0.3, -0.25) is 9.59 Å². The lowest BCUT2D eigenvalue weighted by Gasteiger charge is -2.58. The smallest absolute Gasteiger partial charge is 0.307 e. The summed E-state index contributed by atoms with van der Waals surface area (Å²) in [5.41, 5.74) is 3.30. The molecule has 0 aromatic rings. The molecule has 0 unspecified atom stereocenters. The fourth-order valence-electron chi connectivity index (χ4n) is 7.70. The summed E-state index contributed by atoms with van der Waals surface area (Å²) in [7, 11) is 0. The number of carbonyl (C=O) groups is 2. The molecule has 27 heavy (non-hydrogen) atoms. The average Bonchev–Trinajstić information content (AvgIpc) is 2.97. The van der Waals surface area contributed by atoms with E-state index in [1.165, 1.54) is 43.3 Å². The van der Waals surface area contributed by atoms with Crippen LogP contribution in [0.1, 0.15) is 78.6 Å². The van der Waals surface area contributed by atoms with Gasteiger partial charge in [0, 0.05) is 6.42 Å². The summed E-state index contributed by atoms with van der Waals surface area (Å²) in [5.74, 6) is 2.40. The van der Waals surface area contributed by atoms with Gasteiger partial charge < -0.3 is 5.11 Å². The number of fused-ring (bicyclic) bond motifs is 5. The molecule has 0 aromatic carbocycles. The molecule has 0 aliphatic heterocycles. The van der Waals surface area contributed by atoms with Gasteiger partial charge in [0.1, 0.15) is 0 Å². The Hall–Kier alpha value is -1.38. The molecule has 0 heterocycles. The van der Waals surface area contributed by atoms with Crippen molar-refractivity contribution in [2.24, 2.45) is 34.5 Å². The third kappa shape index (κ3) is 2.93. The highest BCUT2D eigenvalue weighted by atomic mass is 16.4. The number of aliphatic carboxylic acids is 1. The maximum absolute atomic E-state index is 12.0. The first kappa shape index (κ1) is 19.0. The number of allylic oxidation sites excluding steroid dienone is 2. The largest absolute Gasteiger partial charge is 0.481 e. The molecule has 0 aromatic heterocycles. The number of hydrogen-bond acceptors (Lipinski definition) is 2. The molecule has 3 nitrogen and oxygen atoms in total. The van der Waals surface area contributed by atoms with Crippen LogP contribution in [0.2, 0.25) is 0 Å². The monoisotopic (exact) mass is 370 g/mol. The highest BCUT2D eigenvalue weighted by Crippen LogP contribution is 2.67. The van der Waals surface area contributed by atoms with E-state index in [9.17, 15) is 9.59 Å². The minimum atomic E-state index is -0.732. The second kappa shape index (κ2) is 6.60. The number of carbonyl (C=O) groups excluding carboxylic acids is 1. The molecule has 3 heteroatoms. The van der Waals surface area contributed by atoms with Gasteiger partial charge in [-0.1, -0.05) is 31.1 Å². The number of carboxylic acids is 1. The van der Waals surface area contributed by atoms with Crippen LogP contribution in [0.25, 0.3) is 0 Å². The molecular formula is C24H34O3. The summed E-state index contributed by atoms with van der Waals surface area (Å²) in [6.45, 7) is 7.08. The highest BCUT2D eigenvalue weighted by molar-refractivity contribution is 5.91. The van der Waals surface area contributed by atoms with Crippen LogP contribution < -0.4 is 0 Å². The molecule has 3 fully saturated rings. The first-order valence-electron chi connectivity index (χ1n) is 10.9. The van der Waals surface area contributed by atoms with Crippen molar-refractivity contribution in [3.63, 3.8) is 0 Å². The van der Waals surface area contributed by atoms with Crippen molar-refractivity contribution in [3.8, 4) is 0 Å². The second-order valence-electron chi connectivity index (χ2n) is 10.2. The van der Waals surface area contributed by atoms with Gasteiger partial charge in [0.25, 0.3) is 0 Å². The number of hydrogen-bond donors (Lipinski definition) is 1. The van der Waals surface area contributed by atoms with Crippen molar-refractivity contribution in [2.75, 3.05) is 0 Å². The van der Waals surface area contributed by atoms with E-state index < -0.39 is 5.97 Å². The fourth-order valence-corrected chi connectivity index (χ4v) is 7.70. The summed E-state index contributed by atoms with van der Waals surface area (Å²) < 4.78 is 0. The van der Waals surface area contributed by atoms with Gasteiger partial charge in [0.15, 0.2) is 5.78 Å². The van der Waals surface area contributed by atoms with Gasteiger partial charge in [-0.05, 0) is 92.4 Å². The van der Waals surface area contributed by atoms with Gasteiger partial charge in [0.2, 0.25) is 0 Å². The zero-order valence-corrected chi connectivity index (χ0v) is 17.1. The molecule has 0 bridgehead atoms. The van der Waals surface area contributed by atoms with Crippen LogP contribution in [0.15, 0.2) is 23.3 Å². The molecule has 0 spiro atoms. The molecule has 3 saturated carbocycles. The van der Waals surface area contributed by atoms with E-state index >= 15 is 0 Å². The molecule has 4 aliphatic rings. The summed E-state index contributed by atoms with van der Waals surface area (Å²) >= 11 is 0. The molecule has 0 saturated heterocycles. The normalized spacial score (nSPS) is 44.2. The SMILES string of the molecule is C/C(=C\CC(=O)O)[C@H]1CC[C@H]2[C@@H]3CCC4=CC(=O)CC[C@]4(C)[C@H]3CC[C@]12C. The van der Waals surface area contributed by atoms with Crippen LogP contribution in [0.5, 0.6) is 0 Å². The zero-order chi connectivity index (χ0) is 19.4. The predicted octanol–water partition coefficient (Wildman–Crippen LogP) is 5.56. The first-order valence-corrected chi connectivity index (χ1v) is 10.9. The lowest BCUT2D eigenvalue weighted by Crippen LogP contribution is -2.50. The fraction of sp³-hybridized carbons (Fsp3) is 0.750. The quantitative estimate of drug-likeness (QED) is 0.662. The third-order valence-corrected chi connectivity index (χ3v) is 9.11. The molecule has 6 atom stereocenters.